The molecule has 3 aliphatic rings. The van der Waals surface area contributed by atoms with E-state index >= 15 is 0 Å². The number of methoxy groups -OCH3 is 2. The van der Waals surface area contributed by atoms with Crippen LogP contribution in [0, 0.1) is 0 Å². The number of fused-ring (bicyclic) bond motifs is 3. The lowest BCUT2D eigenvalue weighted by atomic mass is 10.1. The summed E-state index contributed by atoms with van der Waals surface area (Å²) in [5, 5.41) is 9.68. The topological polar surface area (TPSA) is 139 Å². The molecule has 0 unspecified atom stereocenters. The second-order valence-corrected chi connectivity index (χ2v) is 11.0. The smallest absolute Gasteiger partial charge is 0.493 e. The minimum Gasteiger partial charge on any atom is -0.493 e. The normalized spacial score (nSPS) is 16.1. The highest BCUT2D eigenvalue weighted by atomic mass is 32.2. The maximum absolute atomic E-state index is 14.1. The van der Waals surface area contributed by atoms with Gasteiger partial charge in [0.2, 0.25) is 19.5 Å². The molecule has 3 aromatic carbocycles. The molecule has 0 radical (unpaired) electrons. The Labute approximate surface area is 226 Å². The summed E-state index contributed by atoms with van der Waals surface area (Å²) in [7, 11) is -1.66. The molecule has 0 saturated heterocycles. The second-order valence-electron chi connectivity index (χ2n) is 8.13. The van der Waals surface area contributed by atoms with E-state index in [2.05, 4.69) is 0 Å². The summed E-state index contributed by atoms with van der Waals surface area (Å²) >= 11 is 1.08. The van der Waals surface area contributed by atoms with Crippen molar-refractivity contribution in [3.8, 4) is 34.5 Å². The number of hydrogen-bond donors (Lipinski definition) is 1. The minimum absolute atomic E-state index is 0.0368. The van der Waals surface area contributed by atoms with Gasteiger partial charge < -0.3 is 38.3 Å². The minimum atomic E-state index is -4.44. The van der Waals surface area contributed by atoms with Crippen LogP contribution in [0.3, 0.4) is 0 Å². The number of hydrogen-bond acceptors (Lipinski definition) is 11. The molecule has 0 amide bonds. The van der Waals surface area contributed by atoms with Crippen LogP contribution >= 0.6 is 11.8 Å². The molecule has 3 aromatic rings. The Kier molecular flexibility index (Phi) is 5.99. The number of benzene rings is 3. The lowest BCUT2D eigenvalue weighted by Crippen LogP contribution is -2.36. The van der Waals surface area contributed by atoms with E-state index in [0.717, 1.165) is 16.1 Å². The Bertz CT molecular complexity index is 1650. The van der Waals surface area contributed by atoms with Gasteiger partial charge in [-0.05, 0) is 36.4 Å². The van der Waals surface area contributed by atoms with E-state index in [9.17, 15) is 18.3 Å². The summed E-state index contributed by atoms with van der Waals surface area (Å²) in [6.07, 6.45) is -1.71. The van der Waals surface area contributed by atoms with E-state index < -0.39 is 22.1 Å². The molecule has 0 atom stereocenters. The number of thioether (sulfide) groups is 1. The number of carbonyl (C=O) groups is 1. The molecular formula is C25H19NO11S2. The van der Waals surface area contributed by atoms with Gasteiger partial charge >= 0.3 is 6.16 Å². The van der Waals surface area contributed by atoms with Crippen molar-refractivity contribution >= 4 is 38.5 Å². The molecule has 39 heavy (non-hydrogen) atoms. The molecule has 1 N–H and O–H groups in total. The van der Waals surface area contributed by atoms with Gasteiger partial charge in [0, 0.05) is 22.6 Å². The molecule has 12 nitrogen and oxygen atoms in total. The zero-order valence-electron chi connectivity index (χ0n) is 20.3. The fourth-order valence-electron chi connectivity index (χ4n) is 4.26. The summed E-state index contributed by atoms with van der Waals surface area (Å²) in [5.41, 5.74) is 0.225. The maximum Gasteiger partial charge on any atom is 0.512 e. The van der Waals surface area contributed by atoms with Crippen LogP contribution in [-0.2, 0) is 14.8 Å². The molecule has 0 bridgehead atoms. The molecule has 202 valence electrons. The SMILES string of the molecule is COc1cc2c(cc1OC)S(=O)(=O)N(c1ccc3c(c1)OCO3)C(OC(=O)O)=C2Sc1ccc2c(c1)OCO2. The summed E-state index contributed by atoms with van der Waals surface area (Å²) in [6.45, 7) is 0.0282. The van der Waals surface area contributed by atoms with Crippen molar-refractivity contribution in [2.24, 2.45) is 0 Å². The zero-order chi connectivity index (χ0) is 27.3. The van der Waals surface area contributed by atoms with Gasteiger partial charge in [0.25, 0.3) is 10.0 Å². The van der Waals surface area contributed by atoms with Crippen LogP contribution in [0.25, 0.3) is 4.91 Å². The average Bonchev–Trinajstić information content (AvgIpc) is 3.58. The fourth-order valence-corrected chi connectivity index (χ4v) is 7.05. The van der Waals surface area contributed by atoms with Crippen LogP contribution in [0.2, 0.25) is 0 Å². The zero-order valence-corrected chi connectivity index (χ0v) is 22.0. The quantitative estimate of drug-likeness (QED) is 0.416. The van der Waals surface area contributed by atoms with Gasteiger partial charge in [-0.2, -0.15) is 0 Å². The lowest BCUT2D eigenvalue weighted by Gasteiger charge is -2.32. The third-order valence-electron chi connectivity index (χ3n) is 5.97. The second kappa shape index (κ2) is 9.39. The van der Waals surface area contributed by atoms with Gasteiger partial charge in [-0.1, -0.05) is 11.8 Å². The number of carboxylic acid groups (broad SMARTS) is 1. The highest BCUT2D eigenvalue weighted by molar-refractivity contribution is 8.08. The molecule has 0 fully saturated rings. The van der Waals surface area contributed by atoms with Crippen LogP contribution in [0.4, 0.5) is 10.5 Å². The van der Waals surface area contributed by atoms with Crippen LogP contribution in [0.15, 0.2) is 64.2 Å². The Balaban J connectivity index is 1.61. The molecule has 14 heteroatoms. The van der Waals surface area contributed by atoms with Crippen molar-refractivity contribution in [2.45, 2.75) is 9.79 Å². The Morgan fingerprint density at radius 2 is 1.49 bits per heavy atom. The molecule has 6 rings (SSSR count). The monoisotopic (exact) mass is 573 g/mol. The third kappa shape index (κ3) is 4.17. The first-order chi connectivity index (χ1) is 18.8. The molecule has 0 spiro atoms. The first-order valence-electron chi connectivity index (χ1n) is 11.2. The summed E-state index contributed by atoms with van der Waals surface area (Å²) in [6, 6.07) is 12.3. The first kappa shape index (κ1) is 24.9. The number of anilines is 1. The van der Waals surface area contributed by atoms with Crippen molar-refractivity contribution in [1.29, 1.82) is 0 Å². The molecule has 3 heterocycles. The lowest BCUT2D eigenvalue weighted by molar-refractivity contribution is 0.119. The molecule has 0 aliphatic carbocycles. The number of sulfonamides is 1. The summed E-state index contributed by atoms with van der Waals surface area (Å²) in [5.74, 6) is 1.70. The van der Waals surface area contributed by atoms with E-state index in [-0.39, 0.29) is 46.1 Å². The highest BCUT2D eigenvalue weighted by Gasteiger charge is 2.42. The largest absolute Gasteiger partial charge is 0.512 e. The fraction of sp³-hybridized carbons (Fsp3) is 0.160. The third-order valence-corrected chi connectivity index (χ3v) is 8.81. The van der Waals surface area contributed by atoms with E-state index in [1.165, 1.54) is 44.6 Å². The number of ether oxygens (including phenoxy) is 7. The Hall–Kier alpha value is -4.43. The molecule has 3 aliphatic heterocycles. The van der Waals surface area contributed by atoms with Crippen LogP contribution < -0.4 is 32.7 Å². The first-order valence-corrected chi connectivity index (χ1v) is 13.5. The number of rotatable bonds is 6. The van der Waals surface area contributed by atoms with Crippen molar-refractivity contribution in [1.82, 2.24) is 0 Å². The Morgan fingerprint density at radius 1 is 0.872 bits per heavy atom. The predicted molar refractivity (Wildman–Crippen MR) is 136 cm³/mol. The average molecular weight is 574 g/mol. The van der Waals surface area contributed by atoms with E-state index in [4.69, 9.17) is 33.2 Å². The van der Waals surface area contributed by atoms with Gasteiger partial charge in [-0.3, -0.25) is 0 Å². The van der Waals surface area contributed by atoms with E-state index in [1.54, 1.807) is 18.2 Å². The van der Waals surface area contributed by atoms with Crippen molar-refractivity contribution in [2.75, 3.05) is 32.1 Å². The van der Waals surface area contributed by atoms with Crippen LogP contribution in [0.5, 0.6) is 34.5 Å². The highest BCUT2D eigenvalue weighted by Crippen LogP contribution is 2.51. The van der Waals surface area contributed by atoms with Crippen LogP contribution in [0.1, 0.15) is 5.56 Å². The predicted octanol–water partition coefficient (Wildman–Crippen LogP) is 4.48. The van der Waals surface area contributed by atoms with Gasteiger partial charge in [0.1, 0.15) is 4.90 Å². The van der Waals surface area contributed by atoms with Crippen molar-refractivity contribution in [3.63, 3.8) is 0 Å². The summed E-state index contributed by atoms with van der Waals surface area (Å²) in [4.78, 5) is 12.5. The molecule has 0 saturated carbocycles. The van der Waals surface area contributed by atoms with E-state index in [0.29, 0.717) is 27.9 Å². The van der Waals surface area contributed by atoms with Gasteiger partial charge in [-0.15, -0.1) is 0 Å². The number of nitrogens with zero attached hydrogens (tertiary/aromatic N) is 1. The van der Waals surface area contributed by atoms with Gasteiger partial charge in [0.05, 0.1) is 24.8 Å². The van der Waals surface area contributed by atoms with Crippen molar-refractivity contribution < 1.29 is 51.5 Å². The van der Waals surface area contributed by atoms with E-state index in [1.807, 2.05) is 0 Å². The molecular weight excluding hydrogens is 554 g/mol. The Morgan fingerprint density at radius 3 is 2.15 bits per heavy atom. The molecule has 0 aromatic heterocycles. The van der Waals surface area contributed by atoms with Gasteiger partial charge in [-0.25, -0.2) is 17.5 Å². The summed E-state index contributed by atoms with van der Waals surface area (Å²) < 4.78 is 66.7. The standard InChI is InChI=1S/C25H19NO11S2/c1-31-18-9-15-22(10-19(18)32-2)39(29,30)26(13-3-5-16-20(7-13)35-11-33-16)24(37-25(27)28)23(15)38-14-4-6-17-21(8-14)36-12-34-17/h3-10H,11-12H2,1-2H3,(H,27,28). The van der Waals surface area contributed by atoms with Crippen LogP contribution in [-0.4, -0.2) is 47.5 Å². The van der Waals surface area contributed by atoms with Crippen molar-refractivity contribution in [3.05, 3.63) is 60.0 Å². The maximum atomic E-state index is 14.1. The van der Waals surface area contributed by atoms with Gasteiger partial charge in [0.15, 0.2) is 34.5 Å².